The average Bonchev–Trinajstić information content (AvgIpc) is 2.43. The van der Waals surface area contributed by atoms with Gasteiger partial charge in [0.2, 0.25) is 5.91 Å². The van der Waals surface area contributed by atoms with E-state index in [2.05, 4.69) is 22.1 Å². The van der Waals surface area contributed by atoms with Crippen LogP contribution in [-0.2, 0) is 4.79 Å². The SMILES string of the molecule is C=CCNC(=O)[C@H](C)NCC1CCN(C[C@@H](C)O)CC1. The lowest BCUT2D eigenvalue weighted by Gasteiger charge is -2.33. The van der Waals surface area contributed by atoms with Gasteiger partial charge in [0.1, 0.15) is 0 Å². The third-order valence-corrected chi connectivity index (χ3v) is 3.76. The van der Waals surface area contributed by atoms with E-state index in [0.717, 1.165) is 39.0 Å². The van der Waals surface area contributed by atoms with Gasteiger partial charge in [0.15, 0.2) is 0 Å². The number of carbonyl (C=O) groups excluding carboxylic acids is 1. The standard InChI is InChI=1S/C15H29N3O2/c1-4-7-16-15(20)13(3)17-10-14-5-8-18(9-6-14)11-12(2)19/h4,12-14,17,19H,1,5-11H2,2-3H3,(H,16,20)/t12-,13+/m1/s1. The predicted molar refractivity (Wildman–Crippen MR) is 81.5 cm³/mol. The fraction of sp³-hybridized carbons (Fsp3) is 0.800. The van der Waals surface area contributed by atoms with Gasteiger partial charge in [0.25, 0.3) is 0 Å². The maximum Gasteiger partial charge on any atom is 0.237 e. The molecule has 0 aromatic carbocycles. The second kappa shape index (κ2) is 9.10. The van der Waals surface area contributed by atoms with Crippen LogP contribution in [0.15, 0.2) is 12.7 Å². The van der Waals surface area contributed by atoms with Crippen molar-refractivity contribution in [3.63, 3.8) is 0 Å². The lowest BCUT2D eigenvalue weighted by Crippen LogP contribution is -2.46. The van der Waals surface area contributed by atoms with Crippen molar-refractivity contribution in [2.24, 2.45) is 5.92 Å². The molecule has 1 rings (SSSR count). The Kier molecular flexibility index (Phi) is 7.80. The first kappa shape index (κ1) is 17.1. The van der Waals surface area contributed by atoms with Crippen molar-refractivity contribution in [3.8, 4) is 0 Å². The third kappa shape index (κ3) is 6.50. The van der Waals surface area contributed by atoms with Crippen LogP contribution < -0.4 is 10.6 Å². The Labute approximate surface area is 122 Å². The molecule has 0 bridgehead atoms. The summed E-state index contributed by atoms with van der Waals surface area (Å²) in [5, 5.41) is 15.5. The van der Waals surface area contributed by atoms with Crippen molar-refractivity contribution in [1.82, 2.24) is 15.5 Å². The monoisotopic (exact) mass is 283 g/mol. The smallest absolute Gasteiger partial charge is 0.237 e. The van der Waals surface area contributed by atoms with Gasteiger partial charge in [0.05, 0.1) is 12.1 Å². The molecule has 116 valence electrons. The molecule has 3 N–H and O–H groups in total. The maximum atomic E-state index is 11.7. The number of hydrogen-bond acceptors (Lipinski definition) is 4. The summed E-state index contributed by atoms with van der Waals surface area (Å²) in [6.07, 6.45) is 3.68. The minimum atomic E-state index is -0.252. The minimum Gasteiger partial charge on any atom is -0.392 e. The van der Waals surface area contributed by atoms with E-state index in [1.807, 2.05) is 13.8 Å². The normalized spacial score (nSPS) is 20.4. The lowest BCUT2D eigenvalue weighted by molar-refractivity contribution is -0.122. The number of likely N-dealkylation sites (tertiary alicyclic amines) is 1. The van der Waals surface area contributed by atoms with Crippen LogP contribution in [-0.4, -0.2) is 60.8 Å². The van der Waals surface area contributed by atoms with Gasteiger partial charge in [-0.1, -0.05) is 6.08 Å². The molecule has 0 unspecified atom stereocenters. The summed E-state index contributed by atoms with van der Waals surface area (Å²) in [7, 11) is 0. The van der Waals surface area contributed by atoms with Crippen LogP contribution in [0.1, 0.15) is 26.7 Å². The fourth-order valence-electron chi connectivity index (χ4n) is 2.51. The first-order valence-electron chi connectivity index (χ1n) is 7.55. The van der Waals surface area contributed by atoms with Crippen LogP contribution in [0, 0.1) is 5.92 Å². The van der Waals surface area contributed by atoms with Gasteiger partial charge in [-0.05, 0) is 52.2 Å². The molecule has 1 fully saturated rings. The van der Waals surface area contributed by atoms with E-state index >= 15 is 0 Å². The minimum absolute atomic E-state index is 0.0245. The maximum absolute atomic E-state index is 11.7. The van der Waals surface area contributed by atoms with Crippen molar-refractivity contribution < 1.29 is 9.90 Å². The molecule has 1 saturated heterocycles. The molecule has 5 nitrogen and oxygen atoms in total. The zero-order valence-electron chi connectivity index (χ0n) is 12.8. The van der Waals surface area contributed by atoms with Crippen molar-refractivity contribution in [1.29, 1.82) is 0 Å². The molecule has 0 aromatic heterocycles. The van der Waals surface area contributed by atoms with Crippen LogP contribution in [0.2, 0.25) is 0 Å². The van der Waals surface area contributed by atoms with Gasteiger partial charge in [-0.15, -0.1) is 6.58 Å². The van der Waals surface area contributed by atoms with E-state index in [9.17, 15) is 9.90 Å². The van der Waals surface area contributed by atoms with E-state index in [-0.39, 0.29) is 18.1 Å². The number of aliphatic hydroxyl groups is 1. The molecule has 0 saturated carbocycles. The average molecular weight is 283 g/mol. The summed E-state index contributed by atoms with van der Waals surface area (Å²) in [6.45, 7) is 11.5. The number of amides is 1. The van der Waals surface area contributed by atoms with Crippen LogP contribution in [0.5, 0.6) is 0 Å². The van der Waals surface area contributed by atoms with E-state index in [1.165, 1.54) is 0 Å². The Bertz CT molecular complexity index is 299. The number of nitrogens with zero attached hydrogens (tertiary/aromatic N) is 1. The quantitative estimate of drug-likeness (QED) is 0.563. The molecular weight excluding hydrogens is 254 g/mol. The number of piperidine rings is 1. The van der Waals surface area contributed by atoms with Crippen LogP contribution in [0.3, 0.4) is 0 Å². The first-order chi connectivity index (χ1) is 9.52. The van der Waals surface area contributed by atoms with Gasteiger partial charge in [0, 0.05) is 13.1 Å². The summed E-state index contributed by atoms with van der Waals surface area (Å²) in [4.78, 5) is 14.0. The van der Waals surface area contributed by atoms with Crippen LogP contribution >= 0.6 is 0 Å². The highest BCUT2D eigenvalue weighted by Crippen LogP contribution is 2.16. The summed E-state index contributed by atoms with van der Waals surface area (Å²) >= 11 is 0. The molecule has 1 aliphatic rings. The summed E-state index contributed by atoms with van der Waals surface area (Å²) in [6, 6.07) is -0.162. The van der Waals surface area contributed by atoms with Crippen molar-refractivity contribution in [2.45, 2.75) is 38.8 Å². The first-order valence-corrected chi connectivity index (χ1v) is 7.55. The predicted octanol–water partition coefficient (Wildman–Crippen LogP) is 0.360. The Morgan fingerprint density at radius 1 is 1.45 bits per heavy atom. The zero-order chi connectivity index (χ0) is 15.0. The van der Waals surface area contributed by atoms with E-state index in [1.54, 1.807) is 6.08 Å². The highest BCUT2D eigenvalue weighted by atomic mass is 16.3. The topological polar surface area (TPSA) is 64.6 Å². The summed E-state index contributed by atoms with van der Waals surface area (Å²) < 4.78 is 0. The number of aliphatic hydroxyl groups excluding tert-OH is 1. The molecule has 0 aliphatic carbocycles. The van der Waals surface area contributed by atoms with Gasteiger partial charge in [-0.2, -0.15) is 0 Å². The Balaban J connectivity index is 2.17. The van der Waals surface area contributed by atoms with Gasteiger partial charge in [-0.25, -0.2) is 0 Å². The summed E-state index contributed by atoms with van der Waals surface area (Å²) in [5.41, 5.74) is 0. The molecule has 0 aromatic rings. The molecule has 1 heterocycles. The molecule has 20 heavy (non-hydrogen) atoms. The highest BCUT2D eigenvalue weighted by molar-refractivity contribution is 5.81. The fourth-order valence-corrected chi connectivity index (χ4v) is 2.51. The van der Waals surface area contributed by atoms with Gasteiger partial charge in [-0.3, -0.25) is 4.79 Å². The van der Waals surface area contributed by atoms with E-state index < -0.39 is 0 Å². The van der Waals surface area contributed by atoms with Crippen molar-refractivity contribution >= 4 is 5.91 Å². The second-order valence-electron chi connectivity index (χ2n) is 5.76. The number of carbonyl (C=O) groups is 1. The molecule has 0 radical (unpaired) electrons. The lowest BCUT2D eigenvalue weighted by atomic mass is 9.96. The number of hydrogen-bond donors (Lipinski definition) is 3. The molecule has 5 heteroatoms. The highest BCUT2D eigenvalue weighted by Gasteiger charge is 2.21. The Hall–Kier alpha value is -0.910. The van der Waals surface area contributed by atoms with Crippen LogP contribution in [0.4, 0.5) is 0 Å². The van der Waals surface area contributed by atoms with Crippen molar-refractivity contribution in [3.05, 3.63) is 12.7 Å². The Morgan fingerprint density at radius 2 is 2.10 bits per heavy atom. The molecule has 0 spiro atoms. The number of β-amino-alcohol motifs (C(OH)–C–C–N with tert-alkyl or cyclic N) is 1. The zero-order valence-corrected chi connectivity index (χ0v) is 12.8. The van der Waals surface area contributed by atoms with Gasteiger partial charge >= 0.3 is 0 Å². The molecular formula is C15H29N3O2. The Morgan fingerprint density at radius 3 is 2.65 bits per heavy atom. The second-order valence-corrected chi connectivity index (χ2v) is 5.76. The third-order valence-electron chi connectivity index (χ3n) is 3.76. The number of nitrogens with one attached hydrogen (secondary N) is 2. The largest absolute Gasteiger partial charge is 0.392 e. The van der Waals surface area contributed by atoms with Crippen molar-refractivity contribution in [2.75, 3.05) is 32.7 Å². The number of rotatable bonds is 8. The van der Waals surface area contributed by atoms with Crippen LogP contribution in [0.25, 0.3) is 0 Å². The molecule has 1 aliphatic heterocycles. The molecule has 1 amide bonds. The van der Waals surface area contributed by atoms with E-state index in [4.69, 9.17) is 0 Å². The summed E-state index contributed by atoms with van der Waals surface area (Å²) in [5.74, 6) is 0.645. The van der Waals surface area contributed by atoms with Gasteiger partial charge < -0.3 is 20.6 Å². The molecule has 2 atom stereocenters. The van der Waals surface area contributed by atoms with E-state index in [0.29, 0.717) is 12.5 Å².